The Balaban J connectivity index is 1.71. The lowest BCUT2D eigenvalue weighted by atomic mass is 10.1. The van der Waals surface area contributed by atoms with Gasteiger partial charge in [0.05, 0.1) is 17.3 Å². The summed E-state index contributed by atoms with van der Waals surface area (Å²) in [7, 11) is 1.66. The fraction of sp³-hybridized carbons (Fsp3) is 0.0526. The van der Waals surface area contributed by atoms with Crippen LogP contribution < -0.4 is 4.74 Å². The Morgan fingerprint density at radius 1 is 1.00 bits per heavy atom. The van der Waals surface area contributed by atoms with Crippen molar-refractivity contribution < 1.29 is 4.74 Å². The summed E-state index contributed by atoms with van der Waals surface area (Å²) in [6, 6.07) is 20.3. The van der Waals surface area contributed by atoms with Crippen LogP contribution in [0, 0.1) is 0 Å². The molecule has 4 aromatic rings. The van der Waals surface area contributed by atoms with E-state index in [4.69, 9.17) is 4.74 Å². The summed E-state index contributed by atoms with van der Waals surface area (Å²) in [5, 5.41) is 3.15. The number of ether oxygens (including phenoxy) is 1. The van der Waals surface area contributed by atoms with Gasteiger partial charge in [-0.1, -0.05) is 41.7 Å². The zero-order chi connectivity index (χ0) is 15.6. The minimum Gasteiger partial charge on any atom is -0.497 e. The Kier molecular flexibility index (Phi) is 3.52. The monoisotopic (exact) mass is 318 g/mol. The van der Waals surface area contributed by atoms with E-state index in [0.717, 1.165) is 26.7 Å². The van der Waals surface area contributed by atoms with Crippen molar-refractivity contribution in [1.29, 1.82) is 0 Å². The van der Waals surface area contributed by atoms with Gasteiger partial charge in [0.1, 0.15) is 5.75 Å². The molecular formula is C19H14N2OS. The maximum absolute atomic E-state index is 5.16. The number of thiazole rings is 1. The minimum atomic E-state index is 0.771. The normalized spacial score (nSPS) is 11.5. The molecule has 112 valence electrons. The molecule has 0 aliphatic carbocycles. The lowest BCUT2D eigenvalue weighted by Gasteiger charge is -1.98. The van der Waals surface area contributed by atoms with Crippen molar-refractivity contribution in [2.24, 2.45) is 4.99 Å². The molecule has 23 heavy (non-hydrogen) atoms. The van der Waals surface area contributed by atoms with Crippen molar-refractivity contribution in [3.8, 4) is 5.75 Å². The molecule has 0 spiro atoms. The first-order valence-electron chi connectivity index (χ1n) is 7.30. The van der Waals surface area contributed by atoms with Crippen LogP contribution in [0.4, 0.5) is 5.13 Å². The third-order valence-corrected chi connectivity index (χ3v) is 4.64. The molecule has 0 saturated heterocycles. The van der Waals surface area contributed by atoms with Crippen molar-refractivity contribution in [3.05, 3.63) is 66.2 Å². The highest BCUT2D eigenvalue weighted by atomic mass is 32.1. The Morgan fingerprint density at radius 2 is 1.83 bits per heavy atom. The van der Waals surface area contributed by atoms with E-state index in [0.29, 0.717) is 0 Å². The molecular weight excluding hydrogens is 304 g/mol. The Hall–Kier alpha value is -2.72. The van der Waals surface area contributed by atoms with Gasteiger partial charge < -0.3 is 4.74 Å². The molecule has 0 aliphatic heterocycles. The molecule has 0 atom stereocenters. The van der Waals surface area contributed by atoms with Crippen LogP contribution >= 0.6 is 11.3 Å². The van der Waals surface area contributed by atoms with E-state index in [9.17, 15) is 0 Å². The van der Waals surface area contributed by atoms with Crippen LogP contribution in [0.2, 0.25) is 0 Å². The second kappa shape index (κ2) is 5.82. The van der Waals surface area contributed by atoms with Gasteiger partial charge >= 0.3 is 0 Å². The van der Waals surface area contributed by atoms with Crippen molar-refractivity contribution in [2.45, 2.75) is 0 Å². The Bertz CT molecular complexity index is 1000. The highest BCUT2D eigenvalue weighted by Gasteiger charge is 2.06. The van der Waals surface area contributed by atoms with E-state index in [2.05, 4.69) is 34.2 Å². The van der Waals surface area contributed by atoms with E-state index in [1.807, 2.05) is 42.6 Å². The fourth-order valence-corrected chi connectivity index (χ4v) is 3.35. The fourth-order valence-electron chi connectivity index (χ4n) is 2.52. The number of hydrogen-bond donors (Lipinski definition) is 0. The van der Waals surface area contributed by atoms with Crippen molar-refractivity contribution in [3.63, 3.8) is 0 Å². The van der Waals surface area contributed by atoms with Gasteiger partial charge in [0.15, 0.2) is 0 Å². The highest BCUT2D eigenvalue weighted by Crippen LogP contribution is 2.32. The topological polar surface area (TPSA) is 34.5 Å². The predicted molar refractivity (Wildman–Crippen MR) is 97.4 cm³/mol. The van der Waals surface area contributed by atoms with E-state index in [-0.39, 0.29) is 0 Å². The second-order valence-corrected chi connectivity index (χ2v) is 6.17. The lowest BCUT2D eigenvalue weighted by Crippen LogP contribution is -1.84. The Morgan fingerprint density at radius 3 is 2.65 bits per heavy atom. The van der Waals surface area contributed by atoms with Gasteiger partial charge in [0.2, 0.25) is 5.13 Å². The first kappa shape index (κ1) is 13.9. The summed E-state index contributed by atoms with van der Waals surface area (Å²) in [6.07, 6.45) is 1.83. The molecule has 4 rings (SSSR count). The van der Waals surface area contributed by atoms with E-state index < -0.39 is 0 Å². The summed E-state index contributed by atoms with van der Waals surface area (Å²) in [5.41, 5.74) is 2.05. The van der Waals surface area contributed by atoms with Crippen LogP contribution in [-0.2, 0) is 0 Å². The molecule has 1 heterocycles. The molecule has 1 aromatic heterocycles. The summed E-state index contributed by atoms with van der Waals surface area (Å²) >= 11 is 1.61. The standard InChI is InChI=1S/C19H14N2OS/c1-22-15-9-6-13(7-10-15)12-20-19-21-18-16-5-3-2-4-14(16)8-11-17(18)23-19/h2-12H,1H3/b20-12+. The first-order chi connectivity index (χ1) is 11.3. The van der Waals surface area contributed by atoms with Gasteiger partial charge in [-0.05, 0) is 41.3 Å². The molecule has 0 bridgehead atoms. The quantitative estimate of drug-likeness (QED) is 0.486. The minimum absolute atomic E-state index is 0.771. The molecule has 0 aliphatic rings. The maximum atomic E-state index is 5.16. The molecule has 3 aromatic carbocycles. The van der Waals surface area contributed by atoms with E-state index in [1.54, 1.807) is 18.4 Å². The van der Waals surface area contributed by atoms with Crippen LogP contribution in [-0.4, -0.2) is 18.3 Å². The smallest absolute Gasteiger partial charge is 0.210 e. The number of fused-ring (bicyclic) bond motifs is 3. The molecule has 4 heteroatoms. The number of benzene rings is 3. The average Bonchev–Trinajstić information content (AvgIpc) is 3.04. The van der Waals surface area contributed by atoms with Crippen LogP contribution in [0.5, 0.6) is 5.75 Å². The van der Waals surface area contributed by atoms with Crippen molar-refractivity contribution in [2.75, 3.05) is 7.11 Å². The third-order valence-electron chi connectivity index (χ3n) is 3.71. The zero-order valence-electron chi connectivity index (χ0n) is 12.6. The van der Waals surface area contributed by atoms with Crippen molar-refractivity contribution in [1.82, 2.24) is 4.98 Å². The summed E-state index contributed by atoms with van der Waals surface area (Å²) < 4.78 is 6.32. The van der Waals surface area contributed by atoms with Gasteiger partial charge in [-0.3, -0.25) is 0 Å². The summed E-state index contributed by atoms with van der Waals surface area (Å²) in [5.74, 6) is 0.841. The second-order valence-electron chi connectivity index (χ2n) is 5.16. The largest absolute Gasteiger partial charge is 0.497 e. The molecule has 0 radical (unpaired) electrons. The van der Waals surface area contributed by atoms with Crippen molar-refractivity contribution >= 4 is 43.7 Å². The number of methoxy groups -OCH3 is 1. The summed E-state index contributed by atoms with van der Waals surface area (Å²) in [4.78, 5) is 9.20. The van der Waals surface area contributed by atoms with Gasteiger partial charge in [-0.2, -0.15) is 0 Å². The number of aliphatic imine (C=N–C) groups is 1. The Labute approximate surface area is 137 Å². The highest BCUT2D eigenvalue weighted by molar-refractivity contribution is 7.22. The van der Waals surface area contributed by atoms with Crippen LogP contribution in [0.1, 0.15) is 5.56 Å². The maximum Gasteiger partial charge on any atom is 0.210 e. The molecule has 0 unspecified atom stereocenters. The van der Waals surface area contributed by atoms with Crippen LogP contribution in [0.3, 0.4) is 0 Å². The molecule has 0 amide bonds. The van der Waals surface area contributed by atoms with Gasteiger partial charge in [-0.25, -0.2) is 9.98 Å². The van der Waals surface area contributed by atoms with E-state index in [1.165, 1.54) is 10.8 Å². The first-order valence-corrected chi connectivity index (χ1v) is 8.11. The van der Waals surface area contributed by atoms with Crippen LogP contribution in [0.15, 0.2) is 65.7 Å². The molecule has 0 saturated carbocycles. The average molecular weight is 318 g/mol. The molecule has 0 fully saturated rings. The number of hydrogen-bond acceptors (Lipinski definition) is 4. The van der Waals surface area contributed by atoms with Gasteiger partial charge in [0.25, 0.3) is 0 Å². The molecule has 3 nitrogen and oxygen atoms in total. The third kappa shape index (κ3) is 2.69. The predicted octanol–water partition coefficient (Wildman–Crippen LogP) is 5.21. The SMILES string of the molecule is COc1ccc(/C=N/c2nc3c(ccc4ccccc43)s2)cc1. The van der Waals surface area contributed by atoms with E-state index >= 15 is 0 Å². The summed E-state index contributed by atoms with van der Waals surface area (Å²) in [6.45, 7) is 0. The lowest BCUT2D eigenvalue weighted by molar-refractivity contribution is 0.415. The zero-order valence-corrected chi connectivity index (χ0v) is 13.4. The number of rotatable bonds is 3. The number of nitrogens with zero attached hydrogens (tertiary/aromatic N) is 2. The number of aromatic nitrogens is 1. The molecule has 0 N–H and O–H groups in total. The van der Waals surface area contributed by atoms with Crippen LogP contribution in [0.25, 0.3) is 21.0 Å². The van der Waals surface area contributed by atoms with Gasteiger partial charge in [-0.15, -0.1) is 0 Å². The van der Waals surface area contributed by atoms with Gasteiger partial charge in [0, 0.05) is 11.6 Å².